The van der Waals surface area contributed by atoms with Gasteiger partial charge in [-0.2, -0.15) is 5.10 Å². The maximum atomic E-state index is 12.6. The lowest BCUT2D eigenvalue weighted by Crippen LogP contribution is -2.42. The Morgan fingerprint density at radius 1 is 1.23 bits per heavy atom. The Kier molecular flexibility index (Phi) is 4.34. The van der Waals surface area contributed by atoms with Crippen molar-refractivity contribution in [2.24, 2.45) is 0 Å². The van der Waals surface area contributed by atoms with Crippen LogP contribution in [-0.4, -0.2) is 47.8 Å². The maximum absolute atomic E-state index is 12.6. The minimum Gasteiger partial charge on any atom is -0.497 e. The highest BCUT2D eigenvalue weighted by Crippen LogP contribution is 2.28. The summed E-state index contributed by atoms with van der Waals surface area (Å²) in [5.74, 6) is 0.776. The standard InChI is InChI=1S/C20H21N3O3/c1-13-9-18(22-21-13)20(24)23-7-8-26-19(12-23)16-4-3-15-11-17(25-2)6-5-14(15)10-16/h3-6,9-11,19H,7-8,12H2,1-2H3,(H,21,22)/t19-/m1/s1. The molecule has 0 saturated carbocycles. The number of H-pyrrole nitrogens is 1. The lowest BCUT2D eigenvalue weighted by Gasteiger charge is -2.33. The minimum absolute atomic E-state index is 0.0619. The second-order valence-corrected chi connectivity index (χ2v) is 6.52. The summed E-state index contributed by atoms with van der Waals surface area (Å²) in [5.41, 5.74) is 2.40. The average Bonchev–Trinajstić information content (AvgIpc) is 3.13. The van der Waals surface area contributed by atoms with Crippen molar-refractivity contribution in [3.05, 3.63) is 59.4 Å². The number of carbonyl (C=O) groups excluding carboxylic acids is 1. The predicted octanol–water partition coefficient (Wildman–Crippen LogP) is 3.09. The highest BCUT2D eigenvalue weighted by molar-refractivity contribution is 5.92. The van der Waals surface area contributed by atoms with E-state index in [9.17, 15) is 4.79 Å². The van der Waals surface area contributed by atoms with Crippen molar-refractivity contribution in [2.45, 2.75) is 13.0 Å². The number of methoxy groups -OCH3 is 1. The molecule has 1 aliphatic rings. The fraction of sp³-hybridized carbons (Fsp3) is 0.300. The predicted molar refractivity (Wildman–Crippen MR) is 98.4 cm³/mol. The molecule has 1 atom stereocenters. The van der Waals surface area contributed by atoms with Crippen LogP contribution in [0.3, 0.4) is 0 Å². The van der Waals surface area contributed by atoms with Crippen LogP contribution in [0, 0.1) is 6.92 Å². The van der Waals surface area contributed by atoms with Gasteiger partial charge in [0.15, 0.2) is 0 Å². The lowest BCUT2D eigenvalue weighted by molar-refractivity contribution is -0.0229. The first kappa shape index (κ1) is 16.6. The van der Waals surface area contributed by atoms with Crippen molar-refractivity contribution in [2.75, 3.05) is 26.8 Å². The summed E-state index contributed by atoms with van der Waals surface area (Å²) in [7, 11) is 1.66. The fourth-order valence-corrected chi connectivity index (χ4v) is 3.29. The summed E-state index contributed by atoms with van der Waals surface area (Å²) in [6, 6.07) is 14.0. The number of morpholine rings is 1. The molecule has 6 nitrogen and oxygen atoms in total. The number of aromatic amines is 1. The molecule has 1 amide bonds. The molecule has 1 N–H and O–H groups in total. The monoisotopic (exact) mass is 351 g/mol. The van der Waals surface area contributed by atoms with Crippen LogP contribution in [0.2, 0.25) is 0 Å². The molecule has 26 heavy (non-hydrogen) atoms. The van der Waals surface area contributed by atoms with Crippen molar-refractivity contribution in [1.29, 1.82) is 0 Å². The summed E-state index contributed by atoms with van der Waals surface area (Å²) >= 11 is 0. The second-order valence-electron chi connectivity index (χ2n) is 6.52. The van der Waals surface area contributed by atoms with E-state index in [1.807, 2.05) is 30.0 Å². The molecule has 3 aromatic rings. The first-order valence-corrected chi connectivity index (χ1v) is 8.64. The van der Waals surface area contributed by atoms with Crippen LogP contribution in [0.25, 0.3) is 10.8 Å². The Morgan fingerprint density at radius 3 is 2.81 bits per heavy atom. The zero-order valence-electron chi connectivity index (χ0n) is 14.9. The van der Waals surface area contributed by atoms with E-state index >= 15 is 0 Å². The van der Waals surface area contributed by atoms with Gasteiger partial charge in [-0.3, -0.25) is 9.89 Å². The molecule has 4 rings (SSSR count). The summed E-state index contributed by atoms with van der Waals surface area (Å²) in [5, 5.41) is 9.14. The molecule has 0 bridgehead atoms. The second kappa shape index (κ2) is 6.80. The van der Waals surface area contributed by atoms with Crippen molar-refractivity contribution < 1.29 is 14.3 Å². The number of hydrogen-bond acceptors (Lipinski definition) is 4. The van der Waals surface area contributed by atoms with Gasteiger partial charge in [-0.1, -0.05) is 18.2 Å². The van der Waals surface area contributed by atoms with Crippen molar-refractivity contribution in [1.82, 2.24) is 15.1 Å². The third-order valence-corrected chi connectivity index (χ3v) is 4.72. The molecule has 6 heteroatoms. The van der Waals surface area contributed by atoms with Crippen LogP contribution in [0.15, 0.2) is 42.5 Å². The van der Waals surface area contributed by atoms with Crippen LogP contribution in [-0.2, 0) is 4.74 Å². The van der Waals surface area contributed by atoms with E-state index in [0.717, 1.165) is 27.8 Å². The van der Waals surface area contributed by atoms with E-state index in [-0.39, 0.29) is 12.0 Å². The zero-order chi connectivity index (χ0) is 18.1. The van der Waals surface area contributed by atoms with Gasteiger partial charge in [0.05, 0.1) is 20.3 Å². The Morgan fingerprint density at radius 2 is 2.04 bits per heavy atom. The number of amides is 1. The molecule has 0 radical (unpaired) electrons. The molecule has 1 aliphatic heterocycles. The number of carbonyl (C=O) groups is 1. The number of aryl methyl sites for hydroxylation is 1. The number of hydrogen-bond donors (Lipinski definition) is 1. The van der Waals surface area contributed by atoms with Gasteiger partial charge in [-0.15, -0.1) is 0 Å². The van der Waals surface area contributed by atoms with Gasteiger partial charge in [-0.25, -0.2) is 0 Å². The number of nitrogens with one attached hydrogen (secondary N) is 1. The molecule has 1 fully saturated rings. The van der Waals surface area contributed by atoms with Crippen LogP contribution in [0.5, 0.6) is 5.75 Å². The van der Waals surface area contributed by atoms with Gasteiger partial charge in [0, 0.05) is 12.2 Å². The Balaban J connectivity index is 1.55. The van der Waals surface area contributed by atoms with Gasteiger partial charge in [0.1, 0.15) is 17.5 Å². The molecule has 0 unspecified atom stereocenters. The third kappa shape index (κ3) is 3.15. The first-order chi connectivity index (χ1) is 12.6. The maximum Gasteiger partial charge on any atom is 0.274 e. The third-order valence-electron chi connectivity index (χ3n) is 4.72. The molecule has 134 valence electrons. The van der Waals surface area contributed by atoms with Crippen molar-refractivity contribution >= 4 is 16.7 Å². The van der Waals surface area contributed by atoms with Crippen LogP contribution >= 0.6 is 0 Å². The van der Waals surface area contributed by atoms with Crippen LogP contribution in [0.1, 0.15) is 27.8 Å². The highest BCUT2D eigenvalue weighted by atomic mass is 16.5. The summed E-state index contributed by atoms with van der Waals surface area (Å²) in [6.07, 6.45) is -0.140. The molecule has 1 aromatic heterocycles. The van der Waals surface area contributed by atoms with E-state index < -0.39 is 0 Å². The molecule has 2 aromatic carbocycles. The number of rotatable bonds is 3. The molecule has 1 saturated heterocycles. The average molecular weight is 351 g/mol. The quantitative estimate of drug-likeness (QED) is 0.787. The number of ether oxygens (including phenoxy) is 2. The van der Waals surface area contributed by atoms with Crippen molar-refractivity contribution in [3.8, 4) is 5.75 Å². The fourth-order valence-electron chi connectivity index (χ4n) is 3.29. The number of nitrogens with zero attached hydrogens (tertiary/aromatic N) is 2. The first-order valence-electron chi connectivity index (χ1n) is 8.64. The number of benzene rings is 2. The summed E-state index contributed by atoms with van der Waals surface area (Å²) in [4.78, 5) is 14.5. The van der Waals surface area contributed by atoms with E-state index in [1.54, 1.807) is 13.2 Å². The molecule has 0 spiro atoms. The SMILES string of the molecule is COc1ccc2cc([C@H]3CN(C(=O)c4cc(C)[nH]n4)CCO3)ccc2c1. The van der Waals surface area contributed by atoms with Crippen LogP contribution in [0.4, 0.5) is 0 Å². The molecule has 0 aliphatic carbocycles. The summed E-state index contributed by atoms with van der Waals surface area (Å²) in [6.45, 7) is 3.49. The molecular weight excluding hydrogens is 330 g/mol. The van der Waals surface area contributed by atoms with Gasteiger partial charge in [0.2, 0.25) is 0 Å². The summed E-state index contributed by atoms with van der Waals surface area (Å²) < 4.78 is 11.2. The Labute approximate surface area is 151 Å². The van der Waals surface area contributed by atoms with Crippen molar-refractivity contribution in [3.63, 3.8) is 0 Å². The Bertz CT molecular complexity index is 950. The van der Waals surface area contributed by atoms with Gasteiger partial charge in [0.25, 0.3) is 5.91 Å². The minimum atomic E-state index is -0.140. The smallest absolute Gasteiger partial charge is 0.274 e. The number of aromatic nitrogens is 2. The van der Waals surface area contributed by atoms with Crippen LogP contribution < -0.4 is 4.74 Å². The van der Waals surface area contributed by atoms with E-state index in [0.29, 0.717) is 25.4 Å². The topological polar surface area (TPSA) is 67.5 Å². The largest absolute Gasteiger partial charge is 0.497 e. The van der Waals surface area contributed by atoms with E-state index in [2.05, 4.69) is 28.4 Å². The van der Waals surface area contributed by atoms with E-state index in [4.69, 9.17) is 9.47 Å². The molecular formula is C20H21N3O3. The van der Waals surface area contributed by atoms with Gasteiger partial charge >= 0.3 is 0 Å². The van der Waals surface area contributed by atoms with Gasteiger partial charge < -0.3 is 14.4 Å². The Hall–Kier alpha value is -2.86. The molecule has 2 heterocycles. The zero-order valence-corrected chi connectivity index (χ0v) is 14.9. The normalized spacial score (nSPS) is 17.5. The highest BCUT2D eigenvalue weighted by Gasteiger charge is 2.27. The lowest BCUT2D eigenvalue weighted by atomic mass is 10.0. The van der Waals surface area contributed by atoms with Gasteiger partial charge in [-0.05, 0) is 47.5 Å². The van der Waals surface area contributed by atoms with E-state index in [1.165, 1.54) is 0 Å². The number of fused-ring (bicyclic) bond motifs is 1.